The third-order valence-corrected chi connectivity index (χ3v) is 3.62. The summed E-state index contributed by atoms with van der Waals surface area (Å²) in [6.45, 7) is 0.950. The molecule has 0 fully saturated rings. The Labute approximate surface area is 155 Å². The Bertz CT molecular complexity index is 912. The molecule has 0 aliphatic heterocycles. The molecule has 142 valence electrons. The van der Waals surface area contributed by atoms with Crippen molar-refractivity contribution in [2.45, 2.75) is 6.42 Å². The topological polar surface area (TPSA) is 127 Å². The van der Waals surface area contributed by atoms with Crippen molar-refractivity contribution in [2.24, 2.45) is 7.05 Å². The van der Waals surface area contributed by atoms with Gasteiger partial charge in [0.25, 0.3) is 0 Å². The SMILES string of the molecule is CNCCc1cn(C)c2ccc(Oc3ncccn3)cc12.O=C(O)C(=O)O. The highest BCUT2D eigenvalue weighted by atomic mass is 16.5. The van der Waals surface area contributed by atoms with Gasteiger partial charge in [-0.15, -0.1) is 0 Å². The number of ether oxygens (including phenoxy) is 1. The predicted octanol–water partition coefficient (Wildman–Crippen LogP) is 1.68. The lowest BCUT2D eigenvalue weighted by Crippen LogP contribution is -2.09. The predicted molar refractivity (Wildman–Crippen MR) is 97.9 cm³/mol. The van der Waals surface area contributed by atoms with Crippen LogP contribution >= 0.6 is 0 Å². The van der Waals surface area contributed by atoms with E-state index in [0.717, 1.165) is 18.7 Å². The van der Waals surface area contributed by atoms with Crippen molar-refractivity contribution >= 4 is 22.8 Å². The quantitative estimate of drug-likeness (QED) is 0.577. The number of nitrogens with one attached hydrogen (secondary N) is 1. The molecule has 0 unspecified atom stereocenters. The van der Waals surface area contributed by atoms with Gasteiger partial charge in [0, 0.05) is 36.5 Å². The zero-order valence-corrected chi connectivity index (χ0v) is 14.9. The lowest BCUT2D eigenvalue weighted by molar-refractivity contribution is -0.159. The van der Waals surface area contributed by atoms with Crippen molar-refractivity contribution in [3.63, 3.8) is 0 Å². The summed E-state index contributed by atoms with van der Waals surface area (Å²) in [6, 6.07) is 8.20. The summed E-state index contributed by atoms with van der Waals surface area (Å²) in [4.78, 5) is 26.4. The van der Waals surface area contributed by atoms with E-state index in [4.69, 9.17) is 24.5 Å². The monoisotopic (exact) mass is 372 g/mol. The van der Waals surface area contributed by atoms with E-state index in [1.165, 1.54) is 16.5 Å². The van der Waals surface area contributed by atoms with E-state index in [9.17, 15) is 0 Å². The Morgan fingerprint density at radius 2 is 1.85 bits per heavy atom. The van der Waals surface area contributed by atoms with E-state index < -0.39 is 11.9 Å². The minimum atomic E-state index is -1.82. The molecule has 27 heavy (non-hydrogen) atoms. The van der Waals surface area contributed by atoms with Crippen LogP contribution in [-0.2, 0) is 23.1 Å². The van der Waals surface area contributed by atoms with Crippen molar-refractivity contribution in [3.05, 3.63) is 48.4 Å². The molecule has 0 amide bonds. The molecule has 0 saturated carbocycles. The second kappa shape index (κ2) is 9.30. The first-order chi connectivity index (χ1) is 12.9. The normalized spacial score (nSPS) is 10.1. The van der Waals surface area contributed by atoms with Crippen LogP contribution in [0.5, 0.6) is 11.8 Å². The van der Waals surface area contributed by atoms with Crippen LogP contribution in [0.15, 0.2) is 42.9 Å². The van der Waals surface area contributed by atoms with Gasteiger partial charge in [-0.3, -0.25) is 0 Å². The highest BCUT2D eigenvalue weighted by molar-refractivity contribution is 6.27. The van der Waals surface area contributed by atoms with E-state index in [1.54, 1.807) is 18.5 Å². The molecular weight excluding hydrogens is 352 g/mol. The van der Waals surface area contributed by atoms with Crippen LogP contribution in [-0.4, -0.2) is 50.3 Å². The lowest BCUT2D eigenvalue weighted by Gasteiger charge is -2.04. The number of nitrogens with zero attached hydrogens (tertiary/aromatic N) is 3. The maximum absolute atomic E-state index is 9.10. The van der Waals surface area contributed by atoms with E-state index >= 15 is 0 Å². The van der Waals surface area contributed by atoms with E-state index in [2.05, 4.69) is 45.2 Å². The minimum Gasteiger partial charge on any atom is -0.473 e. The Balaban J connectivity index is 0.000000380. The highest BCUT2D eigenvalue weighted by Gasteiger charge is 2.08. The van der Waals surface area contributed by atoms with Crippen LogP contribution < -0.4 is 10.1 Å². The van der Waals surface area contributed by atoms with Gasteiger partial charge >= 0.3 is 17.9 Å². The first-order valence-electron chi connectivity index (χ1n) is 8.06. The third-order valence-electron chi connectivity index (χ3n) is 3.62. The largest absolute Gasteiger partial charge is 0.473 e. The van der Waals surface area contributed by atoms with Crippen molar-refractivity contribution in [1.29, 1.82) is 0 Å². The van der Waals surface area contributed by atoms with Gasteiger partial charge in [-0.25, -0.2) is 19.6 Å². The molecule has 9 nitrogen and oxygen atoms in total. The van der Waals surface area contributed by atoms with Gasteiger partial charge in [0.15, 0.2) is 0 Å². The number of aliphatic carboxylic acids is 2. The van der Waals surface area contributed by atoms with Gasteiger partial charge in [-0.05, 0) is 49.8 Å². The first-order valence-corrected chi connectivity index (χ1v) is 8.06. The lowest BCUT2D eigenvalue weighted by atomic mass is 10.1. The molecule has 9 heteroatoms. The summed E-state index contributed by atoms with van der Waals surface area (Å²) in [7, 11) is 4.03. The van der Waals surface area contributed by atoms with Crippen LogP contribution in [0.1, 0.15) is 5.56 Å². The van der Waals surface area contributed by atoms with Crippen LogP contribution in [0.4, 0.5) is 0 Å². The van der Waals surface area contributed by atoms with Crippen molar-refractivity contribution in [1.82, 2.24) is 19.9 Å². The second-order valence-electron chi connectivity index (χ2n) is 5.54. The number of fused-ring (bicyclic) bond motifs is 1. The number of likely N-dealkylation sites (N-methyl/N-ethyl adjacent to an activating group) is 1. The fourth-order valence-corrected chi connectivity index (χ4v) is 2.42. The zero-order chi connectivity index (χ0) is 19.8. The van der Waals surface area contributed by atoms with Gasteiger partial charge < -0.3 is 24.8 Å². The number of benzene rings is 1. The molecular formula is C18H20N4O5. The number of aromatic nitrogens is 3. The maximum atomic E-state index is 9.10. The minimum absolute atomic E-state index is 0.365. The Kier molecular flexibility index (Phi) is 6.84. The Hall–Kier alpha value is -3.46. The van der Waals surface area contributed by atoms with Crippen LogP contribution in [0.25, 0.3) is 10.9 Å². The van der Waals surface area contributed by atoms with Gasteiger partial charge in [0.1, 0.15) is 5.75 Å². The molecule has 0 aliphatic rings. The van der Waals surface area contributed by atoms with Crippen LogP contribution in [0, 0.1) is 0 Å². The van der Waals surface area contributed by atoms with Gasteiger partial charge in [-0.1, -0.05) is 0 Å². The Morgan fingerprint density at radius 3 is 2.44 bits per heavy atom. The van der Waals surface area contributed by atoms with Crippen molar-refractivity contribution in [3.8, 4) is 11.8 Å². The zero-order valence-electron chi connectivity index (χ0n) is 14.9. The summed E-state index contributed by atoms with van der Waals surface area (Å²) in [5.41, 5.74) is 2.50. The molecule has 2 aromatic heterocycles. The summed E-state index contributed by atoms with van der Waals surface area (Å²) in [6.07, 6.45) is 6.49. The van der Waals surface area contributed by atoms with Crippen LogP contribution in [0.3, 0.4) is 0 Å². The van der Waals surface area contributed by atoms with Crippen molar-refractivity contribution < 1.29 is 24.5 Å². The molecule has 2 heterocycles. The average Bonchev–Trinajstić information content (AvgIpc) is 2.96. The van der Waals surface area contributed by atoms with Crippen molar-refractivity contribution in [2.75, 3.05) is 13.6 Å². The smallest absolute Gasteiger partial charge is 0.414 e. The number of carboxylic acid groups (broad SMARTS) is 2. The second-order valence-corrected chi connectivity index (χ2v) is 5.54. The van der Waals surface area contributed by atoms with Gasteiger partial charge in [0.05, 0.1) is 0 Å². The van der Waals surface area contributed by atoms with E-state index in [-0.39, 0.29) is 0 Å². The number of aryl methyl sites for hydroxylation is 1. The summed E-state index contributed by atoms with van der Waals surface area (Å²) >= 11 is 0. The average molecular weight is 372 g/mol. The third kappa shape index (κ3) is 5.51. The molecule has 3 aromatic rings. The fourth-order valence-electron chi connectivity index (χ4n) is 2.42. The summed E-state index contributed by atoms with van der Waals surface area (Å²) in [5, 5.41) is 19.2. The van der Waals surface area contributed by atoms with E-state index in [0.29, 0.717) is 6.01 Å². The van der Waals surface area contributed by atoms with Crippen LogP contribution in [0.2, 0.25) is 0 Å². The first kappa shape index (κ1) is 19.9. The molecule has 0 spiro atoms. The molecule has 0 bridgehead atoms. The molecule has 0 atom stereocenters. The van der Waals surface area contributed by atoms with Gasteiger partial charge in [0.2, 0.25) is 0 Å². The number of hydrogen-bond donors (Lipinski definition) is 3. The van der Waals surface area contributed by atoms with E-state index in [1.807, 2.05) is 13.1 Å². The standard InChI is InChI=1S/C16H18N4O.C2H2O4/c1-17-9-6-12-11-20(2)15-5-4-13(10-14(12)15)21-16-18-7-3-8-19-16;3-1(4)2(5)6/h3-5,7-8,10-11,17H,6,9H2,1-2H3;(H,3,4)(H,5,6). The molecule has 0 aliphatic carbocycles. The molecule has 1 aromatic carbocycles. The molecule has 3 N–H and O–H groups in total. The highest BCUT2D eigenvalue weighted by Crippen LogP contribution is 2.27. The fraction of sp³-hybridized carbons (Fsp3) is 0.222. The number of carboxylic acids is 2. The number of carbonyl (C=O) groups is 2. The Morgan fingerprint density at radius 1 is 1.19 bits per heavy atom. The molecule has 3 rings (SSSR count). The molecule has 0 radical (unpaired) electrons. The van der Waals surface area contributed by atoms with Gasteiger partial charge in [-0.2, -0.15) is 0 Å². The molecule has 0 saturated heterocycles. The number of hydrogen-bond acceptors (Lipinski definition) is 6. The summed E-state index contributed by atoms with van der Waals surface area (Å²) < 4.78 is 7.85. The summed E-state index contributed by atoms with van der Waals surface area (Å²) in [5.74, 6) is -2.89. The number of rotatable bonds is 5. The maximum Gasteiger partial charge on any atom is 0.414 e.